The van der Waals surface area contributed by atoms with Gasteiger partial charge in [-0.25, -0.2) is 0 Å². The quantitative estimate of drug-likeness (QED) is 0.773. The van der Waals surface area contributed by atoms with E-state index in [4.69, 9.17) is 5.73 Å². The molecule has 0 aliphatic carbocycles. The van der Waals surface area contributed by atoms with E-state index in [1.165, 1.54) is 0 Å². The fraction of sp³-hybridized carbons (Fsp3) is 0.353. The van der Waals surface area contributed by atoms with Crippen molar-refractivity contribution in [3.05, 3.63) is 51.8 Å². The Kier molecular flexibility index (Phi) is 5.80. The third kappa shape index (κ3) is 3.59. The van der Waals surface area contributed by atoms with Crippen molar-refractivity contribution in [1.82, 2.24) is 9.88 Å². The van der Waals surface area contributed by atoms with Crippen LogP contribution in [0.3, 0.4) is 0 Å². The molecule has 5 heteroatoms. The minimum Gasteiger partial charge on any atom is -0.352 e. The lowest BCUT2D eigenvalue weighted by Gasteiger charge is -2.12. The molecule has 4 nitrogen and oxygen atoms in total. The van der Waals surface area contributed by atoms with Crippen molar-refractivity contribution in [1.29, 1.82) is 0 Å². The predicted octanol–water partition coefficient (Wildman–Crippen LogP) is 3.33. The smallest absolute Gasteiger partial charge is 0.253 e. The molecular formula is C17H22BrN3O. The number of carbonyl (C=O) groups excluding carboxylic acids is 1. The number of nitrogens with one attached hydrogen (secondary N) is 1. The van der Waals surface area contributed by atoms with Gasteiger partial charge in [-0.05, 0) is 67.4 Å². The van der Waals surface area contributed by atoms with Gasteiger partial charge in [-0.1, -0.05) is 12.1 Å². The predicted molar refractivity (Wildman–Crippen MR) is 93.6 cm³/mol. The van der Waals surface area contributed by atoms with Crippen molar-refractivity contribution in [2.24, 2.45) is 5.73 Å². The highest BCUT2D eigenvalue weighted by Crippen LogP contribution is 2.26. The largest absolute Gasteiger partial charge is 0.352 e. The number of aryl methyl sites for hydroxylation is 1. The zero-order valence-electron chi connectivity index (χ0n) is 13.0. The molecule has 0 spiro atoms. The first kappa shape index (κ1) is 16.8. The zero-order chi connectivity index (χ0) is 16.1. The molecule has 1 aromatic heterocycles. The number of aromatic nitrogens is 1. The molecule has 0 saturated heterocycles. The van der Waals surface area contributed by atoms with Gasteiger partial charge in [0.25, 0.3) is 5.91 Å². The van der Waals surface area contributed by atoms with Crippen LogP contribution in [-0.4, -0.2) is 23.6 Å². The fourth-order valence-corrected chi connectivity index (χ4v) is 3.03. The van der Waals surface area contributed by atoms with Gasteiger partial charge in [-0.2, -0.15) is 0 Å². The van der Waals surface area contributed by atoms with Gasteiger partial charge in [-0.3, -0.25) is 4.79 Å². The van der Waals surface area contributed by atoms with Gasteiger partial charge in [0.1, 0.15) is 0 Å². The first-order valence-electron chi connectivity index (χ1n) is 7.48. The van der Waals surface area contributed by atoms with Crippen LogP contribution in [0.1, 0.15) is 34.6 Å². The van der Waals surface area contributed by atoms with Crippen molar-refractivity contribution in [2.75, 3.05) is 13.1 Å². The summed E-state index contributed by atoms with van der Waals surface area (Å²) < 4.78 is 3.10. The SMILES string of the molecule is Cc1cc(C(=O)NCCCCN)c(C)n1-c1ccccc1Br. The maximum Gasteiger partial charge on any atom is 0.253 e. The van der Waals surface area contributed by atoms with Gasteiger partial charge in [0.05, 0.1) is 11.3 Å². The van der Waals surface area contributed by atoms with Crippen LogP contribution in [0, 0.1) is 13.8 Å². The Morgan fingerprint density at radius 2 is 2.00 bits per heavy atom. The van der Waals surface area contributed by atoms with E-state index in [1.807, 2.05) is 44.2 Å². The van der Waals surface area contributed by atoms with Crippen LogP contribution in [0.5, 0.6) is 0 Å². The minimum absolute atomic E-state index is 0.0246. The standard InChI is InChI=1S/C17H22BrN3O/c1-12-11-14(17(22)20-10-6-5-9-19)13(2)21(12)16-8-4-3-7-15(16)18/h3-4,7-8,11H,5-6,9-10,19H2,1-2H3,(H,20,22). The molecule has 0 aliphatic rings. The molecule has 0 atom stereocenters. The molecule has 0 fully saturated rings. The molecule has 2 aromatic rings. The van der Waals surface area contributed by atoms with Crippen molar-refractivity contribution in [3.63, 3.8) is 0 Å². The second kappa shape index (κ2) is 7.61. The van der Waals surface area contributed by atoms with E-state index >= 15 is 0 Å². The van der Waals surface area contributed by atoms with Crippen LogP contribution < -0.4 is 11.1 Å². The van der Waals surface area contributed by atoms with Crippen molar-refractivity contribution < 1.29 is 4.79 Å². The Morgan fingerprint density at radius 3 is 2.68 bits per heavy atom. The number of hydrogen-bond donors (Lipinski definition) is 2. The second-order valence-electron chi connectivity index (χ2n) is 5.32. The number of para-hydroxylation sites is 1. The number of carbonyl (C=O) groups is 1. The number of benzene rings is 1. The number of rotatable bonds is 6. The summed E-state index contributed by atoms with van der Waals surface area (Å²) in [5, 5.41) is 2.96. The lowest BCUT2D eigenvalue weighted by Crippen LogP contribution is -2.25. The van der Waals surface area contributed by atoms with Gasteiger partial charge in [-0.15, -0.1) is 0 Å². The van der Waals surface area contributed by atoms with Crippen LogP contribution in [0.15, 0.2) is 34.8 Å². The van der Waals surface area contributed by atoms with Crippen LogP contribution >= 0.6 is 15.9 Å². The number of nitrogens with two attached hydrogens (primary N) is 1. The van der Waals surface area contributed by atoms with Crippen molar-refractivity contribution >= 4 is 21.8 Å². The lowest BCUT2D eigenvalue weighted by molar-refractivity contribution is 0.0952. The second-order valence-corrected chi connectivity index (χ2v) is 6.18. The van der Waals surface area contributed by atoms with E-state index < -0.39 is 0 Å². The highest BCUT2D eigenvalue weighted by Gasteiger charge is 2.17. The summed E-state index contributed by atoms with van der Waals surface area (Å²) in [5.41, 5.74) is 9.21. The Hall–Kier alpha value is -1.59. The molecule has 22 heavy (non-hydrogen) atoms. The zero-order valence-corrected chi connectivity index (χ0v) is 14.6. The van der Waals surface area contributed by atoms with Crippen LogP contribution in [0.2, 0.25) is 0 Å². The molecule has 3 N–H and O–H groups in total. The lowest BCUT2D eigenvalue weighted by atomic mass is 10.2. The van der Waals surface area contributed by atoms with E-state index in [0.717, 1.165) is 40.0 Å². The van der Waals surface area contributed by atoms with Gasteiger partial charge >= 0.3 is 0 Å². The average Bonchev–Trinajstić information content (AvgIpc) is 2.79. The number of amides is 1. The summed E-state index contributed by atoms with van der Waals surface area (Å²) in [7, 11) is 0. The summed E-state index contributed by atoms with van der Waals surface area (Å²) in [6.07, 6.45) is 1.83. The van der Waals surface area contributed by atoms with Crippen LogP contribution in [0.4, 0.5) is 0 Å². The molecule has 0 bridgehead atoms. The van der Waals surface area contributed by atoms with Crippen LogP contribution in [-0.2, 0) is 0 Å². The molecule has 118 valence electrons. The molecule has 0 unspecified atom stereocenters. The maximum atomic E-state index is 12.3. The number of halogens is 1. The van der Waals surface area contributed by atoms with Gasteiger partial charge < -0.3 is 15.6 Å². The number of nitrogens with zero attached hydrogens (tertiary/aromatic N) is 1. The summed E-state index contributed by atoms with van der Waals surface area (Å²) in [6, 6.07) is 9.94. The Morgan fingerprint density at radius 1 is 1.27 bits per heavy atom. The average molecular weight is 364 g/mol. The molecule has 2 rings (SSSR count). The minimum atomic E-state index is -0.0246. The van der Waals surface area contributed by atoms with Crippen LogP contribution in [0.25, 0.3) is 5.69 Å². The monoisotopic (exact) mass is 363 g/mol. The topological polar surface area (TPSA) is 60.1 Å². The van der Waals surface area contributed by atoms with E-state index in [9.17, 15) is 4.79 Å². The summed E-state index contributed by atoms with van der Waals surface area (Å²) in [4.78, 5) is 12.3. The first-order valence-corrected chi connectivity index (χ1v) is 8.27. The Balaban J connectivity index is 2.24. The van der Waals surface area contributed by atoms with E-state index in [-0.39, 0.29) is 5.91 Å². The maximum absolute atomic E-state index is 12.3. The third-order valence-corrected chi connectivity index (χ3v) is 4.36. The van der Waals surface area contributed by atoms with Gasteiger partial charge in [0.15, 0.2) is 0 Å². The fourth-order valence-electron chi connectivity index (χ4n) is 2.56. The van der Waals surface area contributed by atoms with E-state index in [1.54, 1.807) is 0 Å². The first-order chi connectivity index (χ1) is 10.6. The Labute approximate surface area is 139 Å². The van der Waals surface area contributed by atoms with Crippen molar-refractivity contribution in [2.45, 2.75) is 26.7 Å². The third-order valence-electron chi connectivity index (χ3n) is 3.69. The van der Waals surface area contributed by atoms with Gasteiger partial charge in [0, 0.05) is 22.4 Å². The number of unbranched alkanes of at least 4 members (excludes halogenated alkanes) is 1. The summed E-state index contributed by atoms with van der Waals surface area (Å²) >= 11 is 3.57. The van der Waals surface area contributed by atoms with E-state index in [0.29, 0.717) is 13.1 Å². The molecule has 0 aliphatic heterocycles. The summed E-state index contributed by atoms with van der Waals surface area (Å²) in [5.74, 6) is -0.0246. The number of hydrogen-bond acceptors (Lipinski definition) is 2. The molecule has 0 saturated carbocycles. The highest BCUT2D eigenvalue weighted by atomic mass is 79.9. The molecule has 1 amide bonds. The molecule has 1 heterocycles. The van der Waals surface area contributed by atoms with Crippen molar-refractivity contribution in [3.8, 4) is 5.69 Å². The van der Waals surface area contributed by atoms with E-state index in [2.05, 4.69) is 25.8 Å². The normalized spacial score (nSPS) is 10.7. The summed E-state index contributed by atoms with van der Waals surface area (Å²) in [6.45, 7) is 5.31. The molecule has 0 radical (unpaired) electrons. The highest BCUT2D eigenvalue weighted by molar-refractivity contribution is 9.10. The van der Waals surface area contributed by atoms with Gasteiger partial charge in [0.2, 0.25) is 0 Å². The molecule has 1 aromatic carbocycles. The Bertz CT molecular complexity index is 664. The molecular weight excluding hydrogens is 342 g/mol.